The molecule has 6 heteroatoms. The number of para-hydroxylation sites is 1. The molecule has 1 rings (SSSR count). The number of rotatable bonds is 2. The summed E-state index contributed by atoms with van der Waals surface area (Å²) in [6.45, 7) is 0. The summed E-state index contributed by atoms with van der Waals surface area (Å²) in [7, 11) is 0. The fourth-order valence-corrected chi connectivity index (χ4v) is 1.47. The van der Waals surface area contributed by atoms with Crippen molar-refractivity contribution in [1.82, 2.24) is 0 Å². The molecule has 0 spiro atoms. The van der Waals surface area contributed by atoms with Crippen molar-refractivity contribution in [2.75, 3.05) is 0 Å². The largest absolute Gasteiger partial charge is 0.573 e. The number of halogens is 4. The summed E-state index contributed by atoms with van der Waals surface area (Å²) in [4.78, 5) is 10.4. The fraction of sp³-hybridized carbons (Fsp3) is 0.125. The number of carbonyl (C=O) groups excluding carboxylic acids is 1. The van der Waals surface area contributed by atoms with E-state index in [2.05, 4.69) is 4.74 Å². The van der Waals surface area contributed by atoms with Gasteiger partial charge in [-0.1, -0.05) is 6.07 Å². The molecule has 1 aromatic rings. The highest BCUT2D eigenvalue weighted by atomic mass is 127. The van der Waals surface area contributed by atoms with E-state index in [1.54, 1.807) is 22.6 Å². The third-order valence-electron chi connectivity index (χ3n) is 1.34. The van der Waals surface area contributed by atoms with Gasteiger partial charge < -0.3 is 4.74 Å². The maximum atomic E-state index is 11.9. The lowest BCUT2D eigenvalue weighted by Gasteiger charge is -2.11. The van der Waals surface area contributed by atoms with Crippen LogP contribution in [0.5, 0.6) is 5.75 Å². The van der Waals surface area contributed by atoms with Gasteiger partial charge in [-0.2, -0.15) is 0 Å². The van der Waals surface area contributed by atoms with Gasteiger partial charge in [-0.05, 0) is 34.7 Å². The zero-order chi connectivity index (χ0) is 10.8. The van der Waals surface area contributed by atoms with Crippen LogP contribution in [0.2, 0.25) is 0 Å². The first-order valence-electron chi connectivity index (χ1n) is 3.43. The molecule has 0 amide bonds. The van der Waals surface area contributed by atoms with Crippen LogP contribution in [0.1, 0.15) is 10.4 Å². The summed E-state index contributed by atoms with van der Waals surface area (Å²) >= 11 is 1.67. The van der Waals surface area contributed by atoms with Gasteiger partial charge in [-0.15, -0.1) is 13.2 Å². The molecule has 0 unspecified atom stereocenters. The Bertz CT molecular complexity index is 349. The van der Waals surface area contributed by atoms with Gasteiger partial charge in [0.25, 0.3) is 0 Å². The number of hydrogen-bond donors (Lipinski definition) is 0. The second-order valence-electron chi connectivity index (χ2n) is 2.32. The molecule has 1 aromatic carbocycles. The van der Waals surface area contributed by atoms with Gasteiger partial charge in [0.1, 0.15) is 0 Å². The van der Waals surface area contributed by atoms with E-state index in [0.717, 1.165) is 0 Å². The summed E-state index contributed by atoms with van der Waals surface area (Å²) in [5.74, 6) is -0.449. The van der Waals surface area contributed by atoms with Crippen LogP contribution in [0.15, 0.2) is 18.2 Å². The summed E-state index contributed by atoms with van der Waals surface area (Å²) in [5.41, 5.74) is -0.116. The predicted octanol–water partition coefficient (Wildman–Crippen LogP) is 3.00. The molecule has 0 saturated carbocycles. The van der Waals surface area contributed by atoms with E-state index in [4.69, 9.17) is 0 Å². The van der Waals surface area contributed by atoms with Crippen molar-refractivity contribution < 1.29 is 22.7 Å². The third kappa shape index (κ3) is 2.86. The second kappa shape index (κ2) is 4.16. The Kier molecular flexibility index (Phi) is 3.35. The monoisotopic (exact) mass is 316 g/mol. The smallest absolute Gasteiger partial charge is 0.404 e. The maximum absolute atomic E-state index is 11.9. The van der Waals surface area contributed by atoms with E-state index in [1.165, 1.54) is 18.2 Å². The van der Waals surface area contributed by atoms with E-state index in [9.17, 15) is 18.0 Å². The first-order valence-corrected chi connectivity index (χ1v) is 4.51. The maximum Gasteiger partial charge on any atom is 0.573 e. The molecule has 0 fully saturated rings. The van der Waals surface area contributed by atoms with Crippen molar-refractivity contribution in [3.8, 4) is 5.75 Å². The number of carbonyl (C=O) groups is 1. The predicted molar refractivity (Wildman–Crippen MR) is 51.2 cm³/mol. The highest BCUT2D eigenvalue weighted by Crippen LogP contribution is 2.30. The minimum Gasteiger partial charge on any atom is -0.404 e. The van der Waals surface area contributed by atoms with Crippen LogP contribution in [-0.4, -0.2) is 12.6 Å². The molecule has 14 heavy (non-hydrogen) atoms. The average molecular weight is 316 g/mol. The lowest BCUT2D eigenvalue weighted by molar-refractivity contribution is -0.275. The average Bonchev–Trinajstić information content (AvgIpc) is 2.06. The Balaban J connectivity index is 3.11. The summed E-state index contributed by atoms with van der Waals surface area (Å²) in [5, 5.41) is 0. The third-order valence-corrected chi connectivity index (χ3v) is 2.19. The molecule has 0 heterocycles. The van der Waals surface area contributed by atoms with Crippen molar-refractivity contribution in [2.45, 2.75) is 6.36 Å². The van der Waals surface area contributed by atoms with Crippen LogP contribution in [0, 0.1) is 3.57 Å². The van der Waals surface area contributed by atoms with Gasteiger partial charge in [0.2, 0.25) is 0 Å². The second-order valence-corrected chi connectivity index (χ2v) is 3.49. The fourth-order valence-electron chi connectivity index (χ4n) is 0.842. The minimum atomic E-state index is -4.78. The van der Waals surface area contributed by atoms with Gasteiger partial charge in [0, 0.05) is 0 Å². The van der Waals surface area contributed by atoms with Crippen LogP contribution >= 0.6 is 22.6 Å². The molecule has 2 nitrogen and oxygen atoms in total. The lowest BCUT2D eigenvalue weighted by atomic mass is 10.2. The van der Waals surface area contributed by atoms with Crippen molar-refractivity contribution in [1.29, 1.82) is 0 Å². The Hall–Kier alpha value is -0.790. The summed E-state index contributed by atoms with van der Waals surface area (Å²) in [6.07, 6.45) is -4.46. The Morgan fingerprint density at radius 3 is 2.50 bits per heavy atom. The molecule has 0 aliphatic heterocycles. The van der Waals surface area contributed by atoms with Gasteiger partial charge in [-0.3, -0.25) is 4.79 Å². The normalized spacial score (nSPS) is 11.1. The van der Waals surface area contributed by atoms with Crippen molar-refractivity contribution in [3.05, 3.63) is 27.3 Å². The van der Waals surface area contributed by atoms with Crippen LogP contribution in [-0.2, 0) is 0 Å². The van der Waals surface area contributed by atoms with E-state index in [0.29, 0.717) is 6.29 Å². The Morgan fingerprint density at radius 2 is 2.00 bits per heavy atom. The molecular weight excluding hydrogens is 312 g/mol. The minimum absolute atomic E-state index is 0.116. The highest BCUT2D eigenvalue weighted by molar-refractivity contribution is 14.1. The quantitative estimate of drug-likeness (QED) is 0.619. The van der Waals surface area contributed by atoms with E-state index < -0.39 is 12.1 Å². The number of aldehydes is 1. The zero-order valence-electron chi connectivity index (χ0n) is 6.64. The number of ether oxygens (including phenoxy) is 1. The first kappa shape index (κ1) is 11.3. The highest BCUT2D eigenvalue weighted by Gasteiger charge is 2.32. The summed E-state index contributed by atoms with van der Waals surface area (Å²) < 4.78 is 39.6. The van der Waals surface area contributed by atoms with Gasteiger partial charge in [0.15, 0.2) is 12.0 Å². The standard InChI is InChI=1S/C8H4F3IO2/c9-8(10,11)14-7-5(4-13)2-1-3-6(7)12/h1-4H. The van der Waals surface area contributed by atoms with Gasteiger partial charge in [-0.25, -0.2) is 0 Å². The Morgan fingerprint density at radius 1 is 1.36 bits per heavy atom. The first-order chi connectivity index (χ1) is 6.44. The van der Waals surface area contributed by atoms with E-state index in [1.807, 2.05) is 0 Å². The topological polar surface area (TPSA) is 26.3 Å². The molecule has 76 valence electrons. The zero-order valence-corrected chi connectivity index (χ0v) is 8.80. The molecule has 0 aliphatic rings. The molecule has 0 radical (unpaired) electrons. The van der Waals surface area contributed by atoms with Gasteiger partial charge in [0.05, 0.1) is 9.13 Å². The molecule has 0 saturated heterocycles. The summed E-state index contributed by atoms with van der Waals surface area (Å²) in [6, 6.07) is 4.17. The van der Waals surface area contributed by atoms with Crippen molar-refractivity contribution in [2.24, 2.45) is 0 Å². The molecule has 0 atom stereocenters. The number of hydrogen-bond acceptors (Lipinski definition) is 2. The van der Waals surface area contributed by atoms with Crippen LogP contribution in [0.4, 0.5) is 13.2 Å². The molecule has 0 bridgehead atoms. The molecule has 0 N–H and O–H groups in total. The van der Waals surface area contributed by atoms with Crippen molar-refractivity contribution in [3.63, 3.8) is 0 Å². The SMILES string of the molecule is O=Cc1cccc(I)c1OC(F)(F)F. The van der Waals surface area contributed by atoms with Crippen LogP contribution in [0.3, 0.4) is 0 Å². The van der Waals surface area contributed by atoms with Gasteiger partial charge >= 0.3 is 6.36 Å². The van der Waals surface area contributed by atoms with E-state index >= 15 is 0 Å². The molecule has 0 aromatic heterocycles. The Labute approximate surface area is 91.2 Å². The number of benzene rings is 1. The van der Waals surface area contributed by atoms with Crippen LogP contribution < -0.4 is 4.74 Å². The van der Waals surface area contributed by atoms with E-state index in [-0.39, 0.29) is 9.13 Å². The number of alkyl halides is 3. The lowest BCUT2D eigenvalue weighted by Crippen LogP contribution is -2.18. The van der Waals surface area contributed by atoms with Crippen molar-refractivity contribution >= 4 is 28.9 Å². The van der Waals surface area contributed by atoms with Crippen LogP contribution in [0.25, 0.3) is 0 Å². The molecular formula is C8H4F3IO2. The molecule has 0 aliphatic carbocycles.